The fraction of sp³-hybridized carbons (Fsp3) is 0.500. The maximum atomic E-state index is 11.4. The van der Waals surface area contributed by atoms with Gasteiger partial charge in [-0.1, -0.05) is 0 Å². The molecule has 0 saturated carbocycles. The quantitative estimate of drug-likeness (QED) is 0.623. The number of hydrogen-bond acceptors (Lipinski definition) is 3. The molecular weight excluding hydrogens is 275 g/mol. The van der Waals surface area contributed by atoms with Crippen LogP contribution < -0.4 is 11.2 Å². The van der Waals surface area contributed by atoms with Gasteiger partial charge >= 0.3 is 5.69 Å². The summed E-state index contributed by atoms with van der Waals surface area (Å²) in [5, 5.41) is 0. The summed E-state index contributed by atoms with van der Waals surface area (Å²) in [6.45, 7) is 0.889. The van der Waals surface area contributed by atoms with Gasteiger partial charge in [0.15, 0.2) is 0 Å². The molecule has 1 N–H and O–H groups in total. The Morgan fingerprint density at radius 3 is 2.80 bits per heavy atom. The van der Waals surface area contributed by atoms with Gasteiger partial charge in [0.1, 0.15) is 0 Å². The first-order chi connectivity index (χ1) is 6.66. The molecule has 5 nitrogen and oxygen atoms in total. The molecule has 1 radical (unpaired) electrons. The van der Waals surface area contributed by atoms with Gasteiger partial charge in [-0.15, -0.1) is 0 Å². The van der Waals surface area contributed by atoms with Crippen molar-refractivity contribution in [3.05, 3.63) is 31.5 Å². The Balaban J connectivity index is 0.00000196. The fourth-order valence-electron chi connectivity index (χ4n) is 1.06. The van der Waals surface area contributed by atoms with Crippen molar-refractivity contribution in [3.63, 3.8) is 0 Å². The molecule has 0 aliphatic heterocycles. The summed E-state index contributed by atoms with van der Waals surface area (Å²) in [4.78, 5) is 25.1. The molecule has 0 atom stereocenters. The summed E-state index contributed by atoms with van der Waals surface area (Å²) in [5.74, 6) is 0. The van der Waals surface area contributed by atoms with Gasteiger partial charge in [0.25, 0.3) is 5.56 Å². The SMILES string of the molecule is COCCCn1c(=O)[nH]cc(Br)c1=O.[Na]. The molecule has 0 amide bonds. The van der Waals surface area contributed by atoms with Gasteiger partial charge in [0.05, 0.1) is 4.47 Å². The molecule has 0 unspecified atom stereocenters. The Kier molecular flexibility index (Phi) is 7.46. The standard InChI is InChI=1S/C8H11BrN2O3.Na/c1-14-4-2-3-11-7(12)6(9)5-10-8(11)13;/h5H,2-4H2,1H3,(H,10,13);. The van der Waals surface area contributed by atoms with Gasteiger partial charge in [-0.3, -0.25) is 9.36 Å². The van der Waals surface area contributed by atoms with Crippen molar-refractivity contribution in [1.82, 2.24) is 9.55 Å². The van der Waals surface area contributed by atoms with Gasteiger partial charge in [-0.2, -0.15) is 0 Å². The minimum Gasteiger partial charge on any atom is -0.385 e. The van der Waals surface area contributed by atoms with E-state index in [4.69, 9.17) is 4.74 Å². The van der Waals surface area contributed by atoms with Crippen molar-refractivity contribution >= 4 is 45.5 Å². The summed E-state index contributed by atoms with van der Waals surface area (Å²) in [6.07, 6.45) is 1.98. The molecular formula is C8H11BrN2NaO3. The molecule has 1 rings (SSSR count). The smallest absolute Gasteiger partial charge is 0.328 e. The third-order valence-corrected chi connectivity index (χ3v) is 2.32. The van der Waals surface area contributed by atoms with E-state index in [2.05, 4.69) is 20.9 Å². The first kappa shape index (κ1) is 15.1. The summed E-state index contributed by atoms with van der Waals surface area (Å²) in [7, 11) is 1.58. The van der Waals surface area contributed by atoms with Gasteiger partial charge in [-0.25, -0.2) is 4.79 Å². The van der Waals surface area contributed by atoms with E-state index in [9.17, 15) is 9.59 Å². The summed E-state index contributed by atoms with van der Waals surface area (Å²) < 4.78 is 6.33. The third kappa shape index (κ3) is 4.24. The van der Waals surface area contributed by atoms with Crippen molar-refractivity contribution in [1.29, 1.82) is 0 Å². The fourth-order valence-corrected chi connectivity index (χ4v) is 1.38. The molecule has 79 valence electrons. The second-order valence-electron chi connectivity index (χ2n) is 2.74. The molecule has 0 aromatic carbocycles. The molecule has 0 spiro atoms. The van der Waals surface area contributed by atoms with E-state index in [1.807, 2.05) is 0 Å². The number of aromatic nitrogens is 2. The van der Waals surface area contributed by atoms with E-state index < -0.39 is 5.69 Å². The van der Waals surface area contributed by atoms with E-state index in [1.54, 1.807) is 7.11 Å². The average Bonchev–Trinajstić information content (AvgIpc) is 2.18. The molecule has 0 fully saturated rings. The minimum atomic E-state index is -0.394. The number of hydrogen-bond donors (Lipinski definition) is 1. The number of halogens is 1. The average molecular weight is 286 g/mol. The maximum absolute atomic E-state index is 11.4. The van der Waals surface area contributed by atoms with E-state index >= 15 is 0 Å². The zero-order chi connectivity index (χ0) is 10.6. The van der Waals surface area contributed by atoms with E-state index in [0.717, 1.165) is 4.57 Å². The van der Waals surface area contributed by atoms with Crippen LogP contribution in [0.3, 0.4) is 0 Å². The number of aromatic amines is 1. The summed E-state index contributed by atoms with van der Waals surface area (Å²) in [5.41, 5.74) is -0.709. The topological polar surface area (TPSA) is 64.1 Å². The molecule has 0 aliphatic rings. The third-order valence-electron chi connectivity index (χ3n) is 1.75. The van der Waals surface area contributed by atoms with Gasteiger partial charge in [0, 0.05) is 56.0 Å². The number of ether oxygens (including phenoxy) is 1. The van der Waals surface area contributed by atoms with Crippen molar-refractivity contribution in [2.24, 2.45) is 0 Å². The first-order valence-electron chi connectivity index (χ1n) is 4.13. The second kappa shape index (κ2) is 7.40. The van der Waals surface area contributed by atoms with Gasteiger partial charge in [-0.05, 0) is 22.4 Å². The predicted molar refractivity (Wildman–Crippen MR) is 61.3 cm³/mol. The van der Waals surface area contributed by atoms with Crippen LogP contribution in [0.5, 0.6) is 0 Å². The van der Waals surface area contributed by atoms with Gasteiger partial charge < -0.3 is 9.72 Å². The number of H-pyrrole nitrogens is 1. The Labute approximate surface area is 117 Å². The van der Waals surface area contributed by atoms with Crippen LogP contribution in [0.25, 0.3) is 0 Å². The molecule has 0 aliphatic carbocycles. The van der Waals surface area contributed by atoms with Crippen LogP contribution in [0.2, 0.25) is 0 Å². The zero-order valence-electron chi connectivity index (χ0n) is 8.75. The van der Waals surface area contributed by atoms with Crippen molar-refractivity contribution < 1.29 is 4.74 Å². The molecule has 1 aromatic rings. The van der Waals surface area contributed by atoms with Crippen molar-refractivity contribution in [2.45, 2.75) is 13.0 Å². The van der Waals surface area contributed by atoms with Crippen molar-refractivity contribution in [2.75, 3.05) is 13.7 Å². The number of methoxy groups -OCH3 is 1. The van der Waals surface area contributed by atoms with Crippen LogP contribution in [0.1, 0.15) is 6.42 Å². The van der Waals surface area contributed by atoms with Crippen LogP contribution in [0.15, 0.2) is 20.3 Å². The zero-order valence-corrected chi connectivity index (χ0v) is 12.3. The first-order valence-corrected chi connectivity index (χ1v) is 4.93. The van der Waals surface area contributed by atoms with E-state index in [-0.39, 0.29) is 35.1 Å². The number of nitrogens with one attached hydrogen (secondary N) is 1. The Morgan fingerprint density at radius 2 is 2.20 bits per heavy atom. The largest absolute Gasteiger partial charge is 0.385 e. The van der Waals surface area contributed by atoms with Crippen LogP contribution in [0.4, 0.5) is 0 Å². The number of rotatable bonds is 4. The summed E-state index contributed by atoms with van der Waals surface area (Å²) >= 11 is 3.05. The second-order valence-corrected chi connectivity index (χ2v) is 3.60. The van der Waals surface area contributed by atoms with Crippen LogP contribution >= 0.6 is 15.9 Å². The number of nitrogens with zero attached hydrogens (tertiary/aromatic N) is 1. The predicted octanol–water partition coefficient (Wildman–Crippen LogP) is -0.0452. The normalized spacial score (nSPS) is 9.73. The molecule has 0 saturated heterocycles. The van der Waals surface area contributed by atoms with Crippen LogP contribution in [-0.2, 0) is 11.3 Å². The van der Waals surface area contributed by atoms with E-state index in [0.29, 0.717) is 24.0 Å². The molecule has 7 heteroatoms. The monoisotopic (exact) mass is 285 g/mol. The Morgan fingerprint density at radius 1 is 1.53 bits per heavy atom. The van der Waals surface area contributed by atoms with E-state index in [1.165, 1.54) is 6.20 Å². The molecule has 1 aromatic heterocycles. The maximum Gasteiger partial charge on any atom is 0.328 e. The molecule has 0 bridgehead atoms. The van der Waals surface area contributed by atoms with Crippen LogP contribution in [-0.4, -0.2) is 52.8 Å². The Hall–Kier alpha value is 0.120. The van der Waals surface area contributed by atoms with Crippen molar-refractivity contribution in [3.8, 4) is 0 Å². The minimum absolute atomic E-state index is 0. The Bertz CT molecular complexity index is 415. The molecule has 15 heavy (non-hydrogen) atoms. The molecule has 1 heterocycles. The summed E-state index contributed by atoms with van der Waals surface area (Å²) in [6, 6.07) is 0. The van der Waals surface area contributed by atoms with Gasteiger partial charge in [0.2, 0.25) is 0 Å². The van der Waals surface area contributed by atoms with Crippen LogP contribution in [0, 0.1) is 0 Å².